The number of carbonyl (C=O) groups excluding carboxylic acids is 1. The fourth-order valence-corrected chi connectivity index (χ4v) is 4.15. The van der Waals surface area contributed by atoms with Crippen LogP contribution in [-0.2, 0) is 10.0 Å². The lowest BCUT2D eigenvalue weighted by Crippen LogP contribution is -2.20. The van der Waals surface area contributed by atoms with Gasteiger partial charge in [0.2, 0.25) is 6.79 Å². The lowest BCUT2D eigenvalue weighted by atomic mass is 10.1. The van der Waals surface area contributed by atoms with Crippen molar-refractivity contribution in [1.29, 1.82) is 0 Å². The van der Waals surface area contributed by atoms with Crippen LogP contribution in [0, 0.1) is 0 Å². The number of hydrazone groups is 1. The van der Waals surface area contributed by atoms with Gasteiger partial charge < -0.3 is 9.47 Å². The molecule has 1 amide bonds. The standard InChI is InChI=1S/C22H18ClN3O5S/c1-14(15-5-10-20-21(12-15)31-13-30-20)24-25-22(27)16-3-2-4-19(11-16)32(28,29)26-18-8-6-17(23)7-9-18/h2-12,26H,13H2,1H3,(H,25,27)/b24-14+. The van der Waals surface area contributed by atoms with Crippen molar-refractivity contribution in [3.8, 4) is 11.5 Å². The molecule has 0 bridgehead atoms. The average molecular weight is 472 g/mol. The number of nitrogens with one attached hydrogen (secondary N) is 2. The Morgan fingerprint density at radius 1 is 0.969 bits per heavy atom. The fraction of sp³-hybridized carbons (Fsp3) is 0.0909. The fourth-order valence-electron chi connectivity index (χ4n) is 2.92. The van der Waals surface area contributed by atoms with Gasteiger partial charge in [0.25, 0.3) is 15.9 Å². The van der Waals surface area contributed by atoms with Gasteiger partial charge in [-0.25, -0.2) is 13.8 Å². The zero-order valence-corrected chi connectivity index (χ0v) is 18.4. The molecule has 1 aliphatic heterocycles. The molecule has 0 aliphatic carbocycles. The first-order chi connectivity index (χ1) is 15.3. The maximum absolute atomic E-state index is 12.7. The molecule has 0 aromatic heterocycles. The van der Waals surface area contributed by atoms with Crippen molar-refractivity contribution in [3.63, 3.8) is 0 Å². The van der Waals surface area contributed by atoms with Crippen molar-refractivity contribution in [3.05, 3.63) is 82.9 Å². The van der Waals surface area contributed by atoms with E-state index < -0.39 is 15.9 Å². The first-order valence-electron chi connectivity index (χ1n) is 9.45. The summed E-state index contributed by atoms with van der Waals surface area (Å²) in [4.78, 5) is 12.5. The Hall–Kier alpha value is -3.56. The first kappa shape index (κ1) is 21.7. The van der Waals surface area contributed by atoms with Gasteiger partial charge in [-0.05, 0) is 67.6 Å². The normalized spacial score (nSPS) is 13.0. The summed E-state index contributed by atoms with van der Waals surface area (Å²) in [5.74, 6) is 0.707. The SMILES string of the molecule is C/C(=N\NC(=O)c1cccc(S(=O)(=O)Nc2ccc(Cl)cc2)c1)c1ccc2c(c1)OCO2. The van der Waals surface area contributed by atoms with Gasteiger partial charge in [0, 0.05) is 21.8 Å². The molecule has 1 aliphatic rings. The second kappa shape index (κ2) is 8.89. The summed E-state index contributed by atoms with van der Waals surface area (Å²) in [7, 11) is -3.90. The van der Waals surface area contributed by atoms with E-state index in [1.54, 1.807) is 49.4 Å². The number of sulfonamides is 1. The van der Waals surface area contributed by atoms with E-state index in [1.165, 1.54) is 24.3 Å². The van der Waals surface area contributed by atoms with Crippen molar-refractivity contribution in [2.45, 2.75) is 11.8 Å². The summed E-state index contributed by atoms with van der Waals surface area (Å²) in [6.07, 6.45) is 0. The Bertz CT molecular complexity index is 1310. The number of halogens is 1. The smallest absolute Gasteiger partial charge is 0.271 e. The number of amides is 1. The van der Waals surface area contributed by atoms with Crippen LogP contribution in [0.4, 0.5) is 5.69 Å². The van der Waals surface area contributed by atoms with Crippen LogP contribution in [0.1, 0.15) is 22.8 Å². The average Bonchev–Trinajstić information content (AvgIpc) is 3.26. The van der Waals surface area contributed by atoms with Crippen LogP contribution in [-0.4, -0.2) is 26.8 Å². The van der Waals surface area contributed by atoms with E-state index in [2.05, 4.69) is 15.2 Å². The summed E-state index contributed by atoms with van der Waals surface area (Å²) >= 11 is 5.83. The van der Waals surface area contributed by atoms with Gasteiger partial charge in [-0.3, -0.25) is 9.52 Å². The molecule has 8 nitrogen and oxygen atoms in total. The van der Waals surface area contributed by atoms with Crippen molar-refractivity contribution >= 4 is 38.9 Å². The number of carbonyl (C=O) groups is 1. The molecule has 0 unspecified atom stereocenters. The van der Waals surface area contributed by atoms with E-state index in [-0.39, 0.29) is 17.3 Å². The zero-order valence-electron chi connectivity index (χ0n) is 16.8. The lowest BCUT2D eigenvalue weighted by Gasteiger charge is -2.09. The molecule has 32 heavy (non-hydrogen) atoms. The van der Waals surface area contributed by atoms with Gasteiger partial charge in [-0.15, -0.1) is 0 Å². The van der Waals surface area contributed by atoms with E-state index in [0.29, 0.717) is 27.9 Å². The predicted molar refractivity (Wildman–Crippen MR) is 121 cm³/mol. The number of hydrogen-bond donors (Lipinski definition) is 2. The molecule has 0 spiro atoms. The quantitative estimate of drug-likeness (QED) is 0.417. The maximum atomic E-state index is 12.7. The van der Waals surface area contributed by atoms with E-state index in [1.807, 2.05) is 0 Å². The van der Waals surface area contributed by atoms with Crippen LogP contribution >= 0.6 is 11.6 Å². The third-order valence-electron chi connectivity index (χ3n) is 4.62. The zero-order chi connectivity index (χ0) is 22.7. The summed E-state index contributed by atoms with van der Waals surface area (Å²) in [6.45, 7) is 1.90. The molecule has 0 fully saturated rings. The Kier molecular flexibility index (Phi) is 6.02. The van der Waals surface area contributed by atoms with Gasteiger partial charge in [-0.1, -0.05) is 17.7 Å². The number of fused-ring (bicyclic) bond motifs is 1. The van der Waals surface area contributed by atoms with E-state index in [0.717, 1.165) is 5.56 Å². The second-order valence-electron chi connectivity index (χ2n) is 6.85. The summed E-state index contributed by atoms with van der Waals surface area (Å²) in [5, 5.41) is 4.60. The van der Waals surface area contributed by atoms with Crippen LogP contribution in [0.2, 0.25) is 5.02 Å². The third-order valence-corrected chi connectivity index (χ3v) is 6.25. The molecular weight excluding hydrogens is 454 g/mol. The highest BCUT2D eigenvalue weighted by Crippen LogP contribution is 2.32. The number of hydrogen-bond acceptors (Lipinski definition) is 6. The molecule has 0 saturated heterocycles. The minimum absolute atomic E-state index is 0.0587. The summed E-state index contributed by atoms with van der Waals surface area (Å²) < 4.78 is 38.4. The Balaban J connectivity index is 1.48. The minimum Gasteiger partial charge on any atom is -0.454 e. The molecular formula is C22H18ClN3O5S. The van der Waals surface area contributed by atoms with Crippen LogP contribution in [0.5, 0.6) is 11.5 Å². The molecule has 3 aromatic rings. The summed E-state index contributed by atoms with van der Waals surface area (Å²) in [6, 6.07) is 17.2. The van der Waals surface area contributed by atoms with Gasteiger partial charge in [0.15, 0.2) is 11.5 Å². The largest absolute Gasteiger partial charge is 0.454 e. The highest BCUT2D eigenvalue weighted by Gasteiger charge is 2.17. The molecule has 3 aromatic carbocycles. The first-order valence-corrected chi connectivity index (χ1v) is 11.3. The molecule has 2 N–H and O–H groups in total. The van der Waals surface area contributed by atoms with Crippen molar-refractivity contribution < 1.29 is 22.7 Å². The number of anilines is 1. The van der Waals surface area contributed by atoms with E-state index >= 15 is 0 Å². The van der Waals surface area contributed by atoms with Gasteiger partial charge in [0.1, 0.15) is 0 Å². The number of ether oxygens (including phenoxy) is 2. The van der Waals surface area contributed by atoms with Crippen molar-refractivity contribution in [2.24, 2.45) is 5.10 Å². The highest BCUT2D eigenvalue weighted by molar-refractivity contribution is 7.92. The topological polar surface area (TPSA) is 106 Å². The Morgan fingerprint density at radius 3 is 2.50 bits per heavy atom. The number of benzene rings is 3. The molecule has 1 heterocycles. The highest BCUT2D eigenvalue weighted by atomic mass is 35.5. The van der Waals surface area contributed by atoms with E-state index in [9.17, 15) is 13.2 Å². The van der Waals surface area contributed by atoms with Gasteiger partial charge >= 0.3 is 0 Å². The lowest BCUT2D eigenvalue weighted by molar-refractivity contribution is 0.0954. The molecule has 4 rings (SSSR count). The van der Waals surface area contributed by atoms with Crippen LogP contribution in [0.3, 0.4) is 0 Å². The molecule has 164 valence electrons. The molecule has 0 atom stereocenters. The Morgan fingerprint density at radius 2 is 1.72 bits per heavy atom. The van der Waals surface area contributed by atoms with Crippen molar-refractivity contribution in [1.82, 2.24) is 5.43 Å². The van der Waals surface area contributed by atoms with Gasteiger partial charge in [0.05, 0.1) is 10.6 Å². The van der Waals surface area contributed by atoms with Crippen LogP contribution < -0.4 is 19.6 Å². The van der Waals surface area contributed by atoms with E-state index in [4.69, 9.17) is 21.1 Å². The minimum atomic E-state index is -3.90. The molecule has 0 saturated carbocycles. The monoisotopic (exact) mass is 471 g/mol. The van der Waals surface area contributed by atoms with Gasteiger partial charge in [-0.2, -0.15) is 5.10 Å². The molecule has 0 radical (unpaired) electrons. The number of rotatable bonds is 6. The second-order valence-corrected chi connectivity index (χ2v) is 8.97. The number of nitrogens with zero attached hydrogens (tertiary/aromatic N) is 1. The maximum Gasteiger partial charge on any atom is 0.271 e. The van der Waals surface area contributed by atoms with Crippen LogP contribution in [0.15, 0.2) is 76.7 Å². The molecule has 10 heteroatoms. The van der Waals surface area contributed by atoms with Crippen LogP contribution in [0.25, 0.3) is 0 Å². The van der Waals surface area contributed by atoms with Crippen molar-refractivity contribution in [2.75, 3.05) is 11.5 Å². The third kappa shape index (κ3) is 4.84. The predicted octanol–water partition coefficient (Wildman–Crippen LogP) is 4.02. The summed E-state index contributed by atoms with van der Waals surface area (Å²) in [5.41, 5.74) is 4.24. The Labute approximate surface area is 189 Å².